The van der Waals surface area contributed by atoms with Crippen molar-refractivity contribution in [2.24, 2.45) is 0 Å². The van der Waals surface area contributed by atoms with Crippen LogP contribution < -0.4 is 19.7 Å². The maximum atomic E-state index is 13.5. The summed E-state index contributed by atoms with van der Waals surface area (Å²) in [6.45, 7) is 3.60. The predicted octanol–water partition coefficient (Wildman–Crippen LogP) is 1.62. The maximum absolute atomic E-state index is 13.5. The monoisotopic (exact) mass is 336 g/mol. The van der Waals surface area contributed by atoms with E-state index in [1.165, 1.54) is 12.1 Å². The quantitative estimate of drug-likeness (QED) is 0.809. The normalized spacial score (nSPS) is 14.5. The molecular formula is C16H18F2N4O2. The standard InChI is InChI=1S/C16H18F2N4O2/c17-12-2-1-3-13(14(12)18)23-10-11-24-16-15(20-4-5-21-16)22-8-6-19-7-9-22/h1-5,19H,6-11H2. The number of hydrogen-bond donors (Lipinski definition) is 1. The molecule has 1 aromatic carbocycles. The van der Waals surface area contributed by atoms with E-state index in [0.29, 0.717) is 11.7 Å². The number of anilines is 1. The molecule has 0 bridgehead atoms. The molecule has 2 aromatic rings. The number of benzene rings is 1. The van der Waals surface area contributed by atoms with Crippen LogP contribution in [0.2, 0.25) is 0 Å². The minimum atomic E-state index is -1.00. The summed E-state index contributed by atoms with van der Waals surface area (Å²) in [5.41, 5.74) is 0. The van der Waals surface area contributed by atoms with E-state index in [0.717, 1.165) is 32.2 Å². The average Bonchev–Trinajstić information content (AvgIpc) is 2.63. The van der Waals surface area contributed by atoms with Gasteiger partial charge >= 0.3 is 0 Å². The molecule has 0 unspecified atom stereocenters. The molecule has 3 rings (SSSR count). The molecule has 6 nitrogen and oxygen atoms in total. The summed E-state index contributed by atoms with van der Waals surface area (Å²) >= 11 is 0. The highest BCUT2D eigenvalue weighted by Crippen LogP contribution is 2.23. The van der Waals surface area contributed by atoms with Crippen LogP contribution in [0.1, 0.15) is 0 Å². The second kappa shape index (κ2) is 7.87. The largest absolute Gasteiger partial charge is 0.487 e. The molecule has 0 saturated carbocycles. The first kappa shape index (κ1) is 16.4. The SMILES string of the molecule is Fc1cccc(OCCOc2nccnc2N2CCNCC2)c1F. The fourth-order valence-electron chi connectivity index (χ4n) is 2.40. The van der Waals surface area contributed by atoms with Crippen molar-refractivity contribution in [3.8, 4) is 11.6 Å². The molecule has 1 aliphatic heterocycles. The van der Waals surface area contributed by atoms with Crippen molar-refractivity contribution < 1.29 is 18.3 Å². The van der Waals surface area contributed by atoms with Gasteiger partial charge in [-0.05, 0) is 12.1 Å². The van der Waals surface area contributed by atoms with Gasteiger partial charge < -0.3 is 19.7 Å². The van der Waals surface area contributed by atoms with Crippen LogP contribution in [-0.2, 0) is 0 Å². The van der Waals surface area contributed by atoms with Crippen molar-refractivity contribution in [1.82, 2.24) is 15.3 Å². The molecule has 1 N–H and O–H groups in total. The van der Waals surface area contributed by atoms with Crippen molar-refractivity contribution in [2.75, 3.05) is 44.3 Å². The summed E-state index contributed by atoms with van der Waals surface area (Å²) in [4.78, 5) is 10.6. The van der Waals surface area contributed by atoms with Crippen LogP contribution in [-0.4, -0.2) is 49.4 Å². The fourth-order valence-corrected chi connectivity index (χ4v) is 2.40. The minimum Gasteiger partial charge on any atom is -0.487 e. The van der Waals surface area contributed by atoms with E-state index in [1.54, 1.807) is 12.4 Å². The third-order valence-electron chi connectivity index (χ3n) is 3.56. The predicted molar refractivity (Wildman–Crippen MR) is 84.5 cm³/mol. The Morgan fingerprint density at radius 2 is 1.79 bits per heavy atom. The third-order valence-corrected chi connectivity index (χ3v) is 3.56. The van der Waals surface area contributed by atoms with Crippen LogP contribution in [0.5, 0.6) is 11.6 Å². The van der Waals surface area contributed by atoms with Gasteiger partial charge in [0.1, 0.15) is 13.2 Å². The lowest BCUT2D eigenvalue weighted by Crippen LogP contribution is -2.44. The molecule has 24 heavy (non-hydrogen) atoms. The van der Waals surface area contributed by atoms with E-state index in [-0.39, 0.29) is 19.0 Å². The molecule has 0 amide bonds. The lowest BCUT2D eigenvalue weighted by Gasteiger charge is -2.28. The van der Waals surface area contributed by atoms with Crippen LogP contribution in [0.15, 0.2) is 30.6 Å². The molecule has 2 heterocycles. The Morgan fingerprint density at radius 1 is 1.04 bits per heavy atom. The Bertz CT molecular complexity index is 681. The first-order valence-corrected chi connectivity index (χ1v) is 7.72. The first-order valence-electron chi connectivity index (χ1n) is 7.72. The number of aromatic nitrogens is 2. The molecule has 0 atom stereocenters. The van der Waals surface area contributed by atoms with Gasteiger partial charge in [-0.3, -0.25) is 0 Å². The Hall–Kier alpha value is -2.48. The topological polar surface area (TPSA) is 59.5 Å². The van der Waals surface area contributed by atoms with Gasteiger partial charge in [-0.1, -0.05) is 6.07 Å². The zero-order valence-corrected chi connectivity index (χ0v) is 13.0. The third kappa shape index (κ3) is 3.88. The average molecular weight is 336 g/mol. The number of rotatable bonds is 6. The molecule has 0 spiro atoms. The maximum Gasteiger partial charge on any atom is 0.257 e. The summed E-state index contributed by atoms with van der Waals surface area (Å²) in [5.74, 6) is -0.999. The fraction of sp³-hybridized carbons (Fsp3) is 0.375. The zero-order chi connectivity index (χ0) is 16.8. The summed E-state index contributed by atoms with van der Waals surface area (Å²) in [7, 11) is 0. The van der Waals surface area contributed by atoms with Crippen molar-refractivity contribution in [1.29, 1.82) is 0 Å². The van der Waals surface area contributed by atoms with Crippen molar-refractivity contribution in [2.45, 2.75) is 0 Å². The number of piperazine rings is 1. The molecule has 1 fully saturated rings. The summed E-state index contributed by atoms with van der Waals surface area (Å²) < 4.78 is 37.4. The highest BCUT2D eigenvalue weighted by Gasteiger charge is 2.17. The van der Waals surface area contributed by atoms with Gasteiger partial charge in [0.15, 0.2) is 17.4 Å². The zero-order valence-electron chi connectivity index (χ0n) is 13.0. The van der Waals surface area contributed by atoms with Crippen LogP contribution >= 0.6 is 0 Å². The Labute approximate surface area is 138 Å². The molecule has 1 aliphatic rings. The molecule has 1 aromatic heterocycles. The Balaban J connectivity index is 1.56. The van der Waals surface area contributed by atoms with Gasteiger partial charge in [0, 0.05) is 38.6 Å². The van der Waals surface area contributed by atoms with E-state index in [1.807, 2.05) is 0 Å². The van der Waals surface area contributed by atoms with Crippen LogP contribution in [0.3, 0.4) is 0 Å². The van der Waals surface area contributed by atoms with Gasteiger partial charge in [0.25, 0.3) is 5.88 Å². The highest BCUT2D eigenvalue weighted by atomic mass is 19.2. The number of nitrogens with zero attached hydrogens (tertiary/aromatic N) is 3. The van der Waals surface area contributed by atoms with Crippen molar-refractivity contribution >= 4 is 5.82 Å². The van der Waals surface area contributed by atoms with Crippen LogP contribution in [0.25, 0.3) is 0 Å². The summed E-state index contributed by atoms with van der Waals surface area (Å²) in [6, 6.07) is 3.80. The van der Waals surface area contributed by atoms with E-state index in [4.69, 9.17) is 9.47 Å². The van der Waals surface area contributed by atoms with Crippen LogP contribution in [0, 0.1) is 11.6 Å². The summed E-state index contributed by atoms with van der Waals surface area (Å²) in [6.07, 6.45) is 3.16. The lowest BCUT2D eigenvalue weighted by atomic mass is 10.3. The molecule has 8 heteroatoms. The molecule has 0 aliphatic carbocycles. The molecule has 128 valence electrons. The molecule has 1 saturated heterocycles. The number of nitrogens with one attached hydrogen (secondary N) is 1. The van der Waals surface area contributed by atoms with Gasteiger partial charge in [-0.25, -0.2) is 14.4 Å². The van der Waals surface area contributed by atoms with Gasteiger partial charge in [-0.2, -0.15) is 4.39 Å². The van der Waals surface area contributed by atoms with Gasteiger partial charge in [-0.15, -0.1) is 0 Å². The van der Waals surface area contributed by atoms with Crippen molar-refractivity contribution in [3.05, 3.63) is 42.2 Å². The molecular weight excluding hydrogens is 318 g/mol. The van der Waals surface area contributed by atoms with Gasteiger partial charge in [0.05, 0.1) is 0 Å². The Kier molecular flexibility index (Phi) is 5.37. The van der Waals surface area contributed by atoms with Crippen molar-refractivity contribution in [3.63, 3.8) is 0 Å². The van der Waals surface area contributed by atoms with E-state index in [9.17, 15) is 8.78 Å². The lowest BCUT2D eigenvalue weighted by molar-refractivity contribution is 0.205. The van der Waals surface area contributed by atoms with E-state index < -0.39 is 11.6 Å². The number of halogens is 2. The second-order valence-corrected chi connectivity index (χ2v) is 5.17. The summed E-state index contributed by atoms with van der Waals surface area (Å²) in [5, 5.41) is 3.27. The Morgan fingerprint density at radius 3 is 2.62 bits per heavy atom. The van der Waals surface area contributed by atoms with Crippen LogP contribution in [0.4, 0.5) is 14.6 Å². The van der Waals surface area contributed by atoms with E-state index >= 15 is 0 Å². The molecule has 0 radical (unpaired) electrons. The first-order chi connectivity index (χ1) is 11.8. The number of ether oxygens (including phenoxy) is 2. The second-order valence-electron chi connectivity index (χ2n) is 5.17. The van der Waals surface area contributed by atoms with Gasteiger partial charge in [0.2, 0.25) is 5.82 Å². The smallest absolute Gasteiger partial charge is 0.257 e. The van der Waals surface area contributed by atoms with E-state index in [2.05, 4.69) is 20.2 Å². The minimum absolute atomic E-state index is 0.0674. The number of hydrogen-bond acceptors (Lipinski definition) is 6. The highest BCUT2D eigenvalue weighted by molar-refractivity contribution is 5.48.